The van der Waals surface area contributed by atoms with Gasteiger partial charge in [0.25, 0.3) is 0 Å². The summed E-state index contributed by atoms with van der Waals surface area (Å²) in [4.78, 5) is -0.0543. The molecule has 3 nitrogen and oxygen atoms in total. The third-order valence-electron chi connectivity index (χ3n) is 5.50. The Kier molecular flexibility index (Phi) is 13.5. The Morgan fingerprint density at radius 1 is 0.759 bits per heavy atom. The number of unbranched alkanes of at least 4 members (excludes halogenated alkanes) is 8. The Bertz CT molecular complexity index is 847. The van der Waals surface area contributed by atoms with Crippen molar-refractivity contribution in [3.8, 4) is 0 Å². The first-order valence-electron chi connectivity index (χ1n) is 11.0. The molecule has 0 atom stereocenters. The fourth-order valence-electron chi connectivity index (χ4n) is 3.89. The molecule has 0 N–H and O–H groups in total. The molecule has 5 heteroatoms. The number of rotatable bonds is 13. The first-order valence-corrected chi connectivity index (χ1v) is 12.4. The van der Waals surface area contributed by atoms with Crippen LogP contribution in [0.1, 0.15) is 89.2 Å². The van der Waals surface area contributed by atoms with Crippen molar-refractivity contribution >= 4 is 20.9 Å². The standard InChI is InChI=1S/C24H36O3S.K/c1-3-5-7-9-11-14-20-18-23-21(15-12-10-8-6-4-2)16-13-17-22(23)24(19-20)28(25,26)27;/h13,16-19H,3-12,14-15H2,1-2H3,(H,25,26,27);/q;+1/p-1. The fraction of sp³-hybridized carbons (Fsp3) is 0.583. The molecule has 0 spiro atoms. The van der Waals surface area contributed by atoms with Gasteiger partial charge in [0, 0.05) is 0 Å². The number of benzene rings is 2. The normalized spacial score (nSPS) is 11.6. The molecule has 0 unspecified atom stereocenters. The Labute approximate surface area is 220 Å². The van der Waals surface area contributed by atoms with Gasteiger partial charge in [0.05, 0.1) is 4.90 Å². The summed E-state index contributed by atoms with van der Waals surface area (Å²) in [7, 11) is -4.49. The van der Waals surface area contributed by atoms with Crippen LogP contribution in [0.5, 0.6) is 0 Å². The minimum absolute atomic E-state index is 0. The minimum Gasteiger partial charge on any atom is -0.744 e. The SMILES string of the molecule is CCCCCCCc1cc(S(=O)(=O)[O-])c2cccc(CCCCCCC)c2c1.[K+]. The Balaban J connectivity index is 0.00000420. The smallest absolute Gasteiger partial charge is 0.744 e. The zero-order valence-electron chi connectivity index (χ0n) is 18.5. The molecule has 2 aromatic carbocycles. The topological polar surface area (TPSA) is 57.2 Å². The van der Waals surface area contributed by atoms with Gasteiger partial charge in [0.2, 0.25) is 0 Å². The van der Waals surface area contributed by atoms with Gasteiger partial charge in [-0.15, -0.1) is 0 Å². The van der Waals surface area contributed by atoms with Crippen LogP contribution >= 0.6 is 0 Å². The number of aryl methyl sites for hydroxylation is 2. The maximum absolute atomic E-state index is 11.9. The van der Waals surface area contributed by atoms with Crippen LogP contribution in [0.2, 0.25) is 0 Å². The molecule has 0 amide bonds. The molecule has 29 heavy (non-hydrogen) atoms. The molecule has 0 bridgehead atoms. The fourth-order valence-corrected chi connectivity index (χ4v) is 4.64. The molecule has 2 aromatic rings. The van der Waals surface area contributed by atoms with E-state index in [-0.39, 0.29) is 56.3 Å². The zero-order valence-corrected chi connectivity index (χ0v) is 22.4. The van der Waals surface area contributed by atoms with E-state index < -0.39 is 10.1 Å². The molecule has 0 radical (unpaired) electrons. The molecular weight excluding hydrogens is 407 g/mol. The van der Waals surface area contributed by atoms with Gasteiger partial charge in [-0.05, 0) is 53.6 Å². The molecule has 0 saturated heterocycles. The molecule has 0 fully saturated rings. The zero-order chi connectivity index (χ0) is 20.4. The second-order valence-electron chi connectivity index (χ2n) is 7.89. The number of hydrogen-bond donors (Lipinski definition) is 0. The van der Waals surface area contributed by atoms with Crippen LogP contribution in [-0.2, 0) is 23.0 Å². The predicted molar refractivity (Wildman–Crippen MR) is 117 cm³/mol. The molecule has 0 aliphatic rings. The van der Waals surface area contributed by atoms with Crippen molar-refractivity contribution in [1.29, 1.82) is 0 Å². The Morgan fingerprint density at radius 2 is 1.34 bits per heavy atom. The average Bonchev–Trinajstić information content (AvgIpc) is 2.66. The summed E-state index contributed by atoms with van der Waals surface area (Å²) in [6.45, 7) is 4.40. The monoisotopic (exact) mass is 442 g/mol. The summed E-state index contributed by atoms with van der Waals surface area (Å²) in [6, 6.07) is 9.45. The molecule has 0 aliphatic heterocycles. The van der Waals surface area contributed by atoms with Gasteiger partial charge < -0.3 is 4.55 Å². The van der Waals surface area contributed by atoms with Gasteiger partial charge in [0.1, 0.15) is 10.1 Å². The van der Waals surface area contributed by atoms with E-state index in [1.165, 1.54) is 44.9 Å². The van der Waals surface area contributed by atoms with Crippen LogP contribution in [0.3, 0.4) is 0 Å². The Morgan fingerprint density at radius 3 is 1.93 bits per heavy atom. The van der Waals surface area contributed by atoms with E-state index >= 15 is 0 Å². The van der Waals surface area contributed by atoms with E-state index in [9.17, 15) is 13.0 Å². The van der Waals surface area contributed by atoms with Crippen molar-refractivity contribution in [3.63, 3.8) is 0 Å². The summed E-state index contributed by atoms with van der Waals surface area (Å²) in [6.07, 6.45) is 13.6. The van der Waals surface area contributed by atoms with Crippen molar-refractivity contribution < 1.29 is 64.4 Å². The van der Waals surface area contributed by atoms with Crippen LogP contribution in [0, 0.1) is 0 Å². The summed E-state index contributed by atoms with van der Waals surface area (Å²) >= 11 is 0. The van der Waals surface area contributed by atoms with Crippen LogP contribution in [-0.4, -0.2) is 13.0 Å². The van der Waals surface area contributed by atoms with E-state index in [0.717, 1.165) is 48.6 Å². The van der Waals surface area contributed by atoms with Gasteiger partial charge in [-0.3, -0.25) is 0 Å². The summed E-state index contributed by atoms with van der Waals surface area (Å²) < 4.78 is 35.7. The largest absolute Gasteiger partial charge is 1.00 e. The van der Waals surface area contributed by atoms with E-state index in [1.807, 2.05) is 6.07 Å². The summed E-state index contributed by atoms with van der Waals surface area (Å²) in [5, 5.41) is 1.52. The maximum atomic E-state index is 11.9. The van der Waals surface area contributed by atoms with Crippen LogP contribution < -0.4 is 51.4 Å². The molecule has 0 heterocycles. The second-order valence-corrected chi connectivity index (χ2v) is 9.24. The minimum atomic E-state index is -4.49. The third kappa shape index (κ3) is 9.10. The number of fused-ring (bicyclic) bond motifs is 1. The molecular formula is C24H35KO3S. The van der Waals surface area contributed by atoms with Crippen molar-refractivity contribution in [1.82, 2.24) is 0 Å². The quantitative estimate of drug-likeness (QED) is 0.269. The second kappa shape index (κ2) is 14.3. The first-order chi connectivity index (χ1) is 13.5. The Hall–Kier alpha value is 0.246. The molecule has 156 valence electrons. The van der Waals surface area contributed by atoms with Crippen LogP contribution in [0.25, 0.3) is 10.8 Å². The van der Waals surface area contributed by atoms with E-state index in [1.54, 1.807) is 12.1 Å². The molecule has 0 aliphatic carbocycles. The van der Waals surface area contributed by atoms with E-state index in [0.29, 0.717) is 5.39 Å². The van der Waals surface area contributed by atoms with Gasteiger partial charge in [0.15, 0.2) is 0 Å². The average molecular weight is 443 g/mol. The van der Waals surface area contributed by atoms with Gasteiger partial charge >= 0.3 is 51.4 Å². The van der Waals surface area contributed by atoms with E-state index in [4.69, 9.17) is 0 Å². The van der Waals surface area contributed by atoms with Gasteiger partial charge in [-0.2, -0.15) is 0 Å². The van der Waals surface area contributed by atoms with Crippen molar-refractivity contribution in [2.45, 2.75) is 95.8 Å². The van der Waals surface area contributed by atoms with Crippen LogP contribution in [0.15, 0.2) is 35.2 Å². The number of hydrogen-bond acceptors (Lipinski definition) is 3. The first kappa shape index (κ1) is 27.3. The maximum Gasteiger partial charge on any atom is 1.00 e. The summed E-state index contributed by atoms with van der Waals surface area (Å²) in [5.74, 6) is 0. The third-order valence-corrected chi connectivity index (χ3v) is 6.37. The van der Waals surface area contributed by atoms with Crippen LogP contribution in [0.4, 0.5) is 0 Å². The molecule has 2 rings (SSSR count). The molecule has 0 aromatic heterocycles. The van der Waals surface area contributed by atoms with Crippen molar-refractivity contribution in [3.05, 3.63) is 41.5 Å². The van der Waals surface area contributed by atoms with Crippen molar-refractivity contribution in [2.24, 2.45) is 0 Å². The van der Waals surface area contributed by atoms with Gasteiger partial charge in [-0.1, -0.05) is 89.5 Å². The van der Waals surface area contributed by atoms with E-state index in [2.05, 4.69) is 26.0 Å². The van der Waals surface area contributed by atoms with Gasteiger partial charge in [-0.25, -0.2) is 8.42 Å². The predicted octanol–water partition coefficient (Wildman–Crippen LogP) is 3.77. The molecule has 0 saturated carbocycles. The summed E-state index contributed by atoms with van der Waals surface area (Å²) in [5.41, 5.74) is 2.13. The van der Waals surface area contributed by atoms with Crippen molar-refractivity contribution in [2.75, 3.05) is 0 Å².